The van der Waals surface area contributed by atoms with E-state index in [0.29, 0.717) is 0 Å². The molecule has 0 saturated carbocycles. The summed E-state index contributed by atoms with van der Waals surface area (Å²) in [6.45, 7) is 3.10. The molecule has 2 heteroatoms. The third kappa shape index (κ3) is 2.80. The van der Waals surface area contributed by atoms with Gasteiger partial charge in [-0.1, -0.05) is 31.5 Å². The smallest absolute Gasteiger partial charge is 0.0138 e. The van der Waals surface area contributed by atoms with Gasteiger partial charge in [-0.25, -0.2) is 0 Å². The van der Waals surface area contributed by atoms with E-state index in [1.54, 1.807) is 0 Å². The topological polar surface area (TPSA) is 26.0 Å². The minimum Gasteiger partial charge on any atom is -0.330 e. The van der Waals surface area contributed by atoms with Gasteiger partial charge < -0.3 is 5.73 Å². The summed E-state index contributed by atoms with van der Waals surface area (Å²) in [7, 11) is 0. The minimum absolute atomic E-state index is 0.719. The molecule has 0 fully saturated rings. The van der Waals surface area contributed by atoms with E-state index in [2.05, 4.69) is 43.0 Å². The van der Waals surface area contributed by atoms with Gasteiger partial charge in [-0.3, -0.25) is 0 Å². The first kappa shape index (κ1) is 12.0. The fourth-order valence-corrected chi connectivity index (χ4v) is 3.95. The number of hydrogen-bond acceptors (Lipinski definition) is 2. The van der Waals surface area contributed by atoms with Crippen molar-refractivity contribution in [1.82, 2.24) is 0 Å². The van der Waals surface area contributed by atoms with Crippen LogP contribution in [0, 0.1) is 5.92 Å². The van der Waals surface area contributed by atoms with Crippen LogP contribution in [0.2, 0.25) is 0 Å². The summed E-state index contributed by atoms with van der Waals surface area (Å²) in [6, 6.07) is 8.80. The van der Waals surface area contributed by atoms with E-state index in [1.165, 1.54) is 36.1 Å². The van der Waals surface area contributed by atoms with Crippen molar-refractivity contribution < 1.29 is 0 Å². The Morgan fingerprint density at radius 3 is 2.94 bits per heavy atom. The number of rotatable bonds is 5. The van der Waals surface area contributed by atoms with Gasteiger partial charge in [0.15, 0.2) is 0 Å². The monoisotopic (exact) mass is 235 g/mol. The van der Waals surface area contributed by atoms with Gasteiger partial charge in [-0.05, 0) is 43.4 Å². The van der Waals surface area contributed by atoms with E-state index in [9.17, 15) is 0 Å². The van der Waals surface area contributed by atoms with E-state index in [0.717, 1.165) is 17.7 Å². The first-order valence-electron chi connectivity index (χ1n) is 6.28. The largest absolute Gasteiger partial charge is 0.330 e. The third-order valence-corrected chi connectivity index (χ3v) is 4.68. The Labute approximate surface area is 103 Å². The number of fused-ring (bicyclic) bond motifs is 1. The predicted molar refractivity (Wildman–Crippen MR) is 71.9 cm³/mol. The number of benzene rings is 1. The molecule has 0 amide bonds. The molecule has 2 rings (SSSR count). The first-order valence-corrected chi connectivity index (χ1v) is 7.16. The van der Waals surface area contributed by atoms with Crippen LogP contribution in [0.25, 0.3) is 0 Å². The molecule has 1 nitrogen and oxygen atoms in total. The summed E-state index contributed by atoms with van der Waals surface area (Å²) in [6.07, 6.45) is 5.06. The molecule has 1 heterocycles. The Balaban J connectivity index is 1.91. The molecule has 0 saturated heterocycles. The van der Waals surface area contributed by atoms with Crippen molar-refractivity contribution in [3.63, 3.8) is 0 Å². The zero-order chi connectivity index (χ0) is 11.4. The summed E-state index contributed by atoms with van der Waals surface area (Å²) in [5, 5.41) is 0.762. The highest BCUT2D eigenvalue weighted by atomic mass is 32.2. The molecule has 0 spiro atoms. The number of thioether (sulfide) groups is 1. The van der Waals surface area contributed by atoms with Crippen molar-refractivity contribution in [2.75, 3.05) is 6.54 Å². The highest BCUT2D eigenvalue weighted by Gasteiger charge is 2.23. The zero-order valence-corrected chi connectivity index (χ0v) is 10.8. The van der Waals surface area contributed by atoms with E-state index >= 15 is 0 Å². The molecule has 2 unspecified atom stereocenters. The summed E-state index contributed by atoms with van der Waals surface area (Å²) >= 11 is 2.05. The van der Waals surface area contributed by atoms with Gasteiger partial charge >= 0.3 is 0 Å². The van der Waals surface area contributed by atoms with Crippen LogP contribution in [-0.2, 0) is 6.42 Å². The van der Waals surface area contributed by atoms with Crippen molar-refractivity contribution in [1.29, 1.82) is 0 Å². The normalized spacial score (nSPS) is 20.8. The van der Waals surface area contributed by atoms with Crippen molar-refractivity contribution in [2.45, 2.75) is 42.8 Å². The maximum absolute atomic E-state index is 5.83. The minimum atomic E-state index is 0.719. The lowest BCUT2D eigenvalue weighted by Gasteiger charge is -2.17. The SMILES string of the molecule is CCCC(CN)CC1Cc2ccccc2S1. The molecule has 0 aliphatic carbocycles. The maximum atomic E-state index is 5.83. The molecule has 0 bridgehead atoms. The van der Waals surface area contributed by atoms with Gasteiger partial charge in [0.25, 0.3) is 0 Å². The van der Waals surface area contributed by atoms with Gasteiger partial charge in [0.1, 0.15) is 0 Å². The molecule has 1 aliphatic heterocycles. The van der Waals surface area contributed by atoms with Crippen LogP contribution in [0.1, 0.15) is 31.7 Å². The molecular weight excluding hydrogens is 214 g/mol. The van der Waals surface area contributed by atoms with Crippen LogP contribution in [0.15, 0.2) is 29.2 Å². The lowest BCUT2D eigenvalue weighted by Crippen LogP contribution is -2.19. The molecule has 1 aromatic rings. The van der Waals surface area contributed by atoms with Crippen molar-refractivity contribution >= 4 is 11.8 Å². The van der Waals surface area contributed by atoms with Crippen LogP contribution in [0.5, 0.6) is 0 Å². The van der Waals surface area contributed by atoms with Crippen LogP contribution in [0.3, 0.4) is 0 Å². The highest BCUT2D eigenvalue weighted by Crippen LogP contribution is 2.39. The summed E-state index contributed by atoms with van der Waals surface area (Å²) in [5.74, 6) is 0.719. The Kier molecular flexibility index (Phi) is 4.30. The second-order valence-electron chi connectivity index (χ2n) is 4.68. The Bertz CT molecular complexity index is 312. The second kappa shape index (κ2) is 5.74. The summed E-state index contributed by atoms with van der Waals surface area (Å²) in [5.41, 5.74) is 7.36. The lowest BCUT2D eigenvalue weighted by molar-refractivity contribution is 0.449. The summed E-state index contributed by atoms with van der Waals surface area (Å²) in [4.78, 5) is 1.49. The molecule has 2 N–H and O–H groups in total. The van der Waals surface area contributed by atoms with Gasteiger partial charge in [0, 0.05) is 10.1 Å². The standard InChI is InChI=1S/C14H21NS/c1-2-5-11(10-15)8-13-9-12-6-3-4-7-14(12)16-13/h3-4,6-7,11,13H,2,5,8-10,15H2,1H3. The first-order chi connectivity index (χ1) is 7.83. The van der Waals surface area contributed by atoms with Crippen molar-refractivity contribution in [2.24, 2.45) is 11.7 Å². The summed E-state index contributed by atoms with van der Waals surface area (Å²) < 4.78 is 0. The molecule has 2 atom stereocenters. The molecule has 16 heavy (non-hydrogen) atoms. The van der Waals surface area contributed by atoms with Gasteiger partial charge in [0.2, 0.25) is 0 Å². The fraction of sp³-hybridized carbons (Fsp3) is 0.571. The molecule has 1 aliphatic rings. The Hall–Kier alpha value is -0.470. The highest BCUT2D eigenvalue weighted by molar-refractivity contribution is 8.00. The maximum Gasteiger partial charge on any atom is 0.0138 e. The van der Waals surface area contributed by atoms with Gasteiger partial charge in [-0.15, -0.1) is 11.8 Å². The van der Waals surface area contributed by atoms with Crippen LogP contribution in [-0.4, -0.2) is 11.8 Å². The molecule has 88 valence electrons. The van der Waals surface area contributed by atoms with E-state index < -0.39 is 0 Å². The average Bonchev–Trinajstić information content (AvgIpc) is 2.70. The Morgan fingerprint density at radius 2 is 2.25 bits per heavy atom. The number of hydrogen-bond donors (Lipinski definition) is 1. The molecule has 0 aromatic heterocycles. The van der Waals surface area contributed by atoms with Gasteiger partial charge in [-0.2, -0.15) is 0 Å². The average molecular weight is 235 g/mol. The fourth-order valence-electron chi connectivity index (χ4n) is 2.50. The quantitative estimate of drug-likeness (QED) is 0.845. The van der Waals surface area contributed by atoms with E-state index in [1.807, 2.05) is 0 Å². The molecule has 0 radical (unpaired) electrons. The predicted octanol–water partition coefficient (Wildman–Crippen LogP) is 3.47. The Morgan fingerprint density at radius 1 is 1.44 bits per heavy atom. The lowest BCUT2D eigenvalue weighted by atomic mass is 9.95. The van der Waals surface area contributed by atoms with Crippen LogP contribution >= 0.6 is 11.8 Å². The zero-order valence-electron chi connectivity index (χ0n) is 9.99. The molecule has 1 aromatic carbocycles. The number of nitrogens with two attached hydrogens (primary N) is 1. The molecular formula is C14H21NS. The van der Waals surface area contributed by atoms with Crippen LogP contribution < -0.4 is 5.73 Å². The van der Waals surface area contributed by atoms with E-state index in [4.69, 9.17) is 5.73 Å². The third-order valence-electron chi connectivity index (χ3n) is 3.34. The van der Waals surface area contributed by atoms with Crippen molar-refractivity contribution in [3.05, 3.63) is 29.8 Å². The second-order valence-corrected chi connectivity index (χ2v) is 6.02. The van der Waals surface area contributed by atoms with Crippen LogP contribution in [0.4, 0.5) is 0 Å². The van der Waals surface area contributed by atoms with E-state index in [-0.39, 0.29) is 0 Å². The van der Waals surface area contributed by atoms with Crippen molar-refractivity contribution in [3.8, 4) is 0 Å². The van der Waals surface area contributed by atoms with Gasteiger partial charge in [0.05, 0.1) is 0 Å².